The van der Waals surface area contributed by atoms with Gasteiger partial charge in [-0.3, -0.25) is 9.59 Å². The Morgan fingerprint density at radius 2 is 2.14 bits per heavy atom. The Balaban J connectivity index is 1.85. The Labute approximate surface area is 125 Å². The molecule has 0 aliphatic carbocycles. The van der Waals surface area contributed by atoms with Crippen LogP contribution < -0.4 is 5.32 Å². The molecule has 7 heteroatoms. The minimum atomic E-state index is -0.974. The average Bonchev–Trinajstić information content (AvgIpc) is 2.95. The number of carbonyl (C=O) groups excluding carboxylic acids is 2. The first kappa shape index (κ1) is 13.9. The highest BCUT2D eigenvalue weighted by Gasteiger charge is 2.35. The van der Waals surface area contributed by atoms with Crippen LogP contribution in [0.1, 0.15) is 22.3 Å². The van der Waals surface area contributed by atoms with Gasteiger partial charge < -0.3 is 15.3 Å². The number of thioether (sulfide) groups is 1. The molecule has 1 unspecified atom stereocenters. The zero-order valence-corrected chi connectivity index (χ0v) is 12.0. The molecule has 1 atom stereocenters. The molecular weight excluding hydrogens is 292 g/mol. The number of amides is 2. The van der Waals surface area contributed by atoms with Crippen LogP contribution in [0.15, 0.2) is 18.2 Å². The Morgan fingerprint density at radius 3 is 2.90 bits per heavy atom. The van der Waals surface area contributed by atoms with E-state index in [1.54, 1.807) is 18.2 Å². The number of nitrogens with one attached hydrogen (secondary N) is 1. The van der Waals surface area contributed by atoms with Crippen molar-refractivity contribution in [2.75, 3.05) is 16.9 Å². The van der Waals surface area contributed by atoms with Crippen LogP contribution in [0.2, 0.25) is 0 Å². The minimum Gasteiger partial charge on any atom is -0.480 e. The van der Waals surface area contributed by atoms with Gasteiger partial charge in [0.15, 0.2) is 0 Å². The van der Waals surface area contributed by atoms with Gasteiger partial charge in [0.2, 0.25) is 5.91 Å². The van der Waals surface area contributed by atoms with Crippen LogP contribution in [0.3, 0.4) is 0 Å². The van der Waals surface area contributed by atoms with Gasteiger partial charge in [0.1, 0.15) is 6.04 Å². The number of hydrogen-bond acceptors (Lipinski definition) is 4. The van der Waals surface area contributed by atoms with Gasteiger partial charge in [-0.2, -0.15) is 0 Å². The maximum atomic E-state index is 12.5. The molecule has 1 aromatic carbocycles. The maximum absolute atomic E-state index is 12.5. The molecular formula is C14H14N2O4S. The van der Waals surface area contributed by atoms with E-state index in [1.165, 1.54) is 16.7 Å². The Hall–Kier alpha value is -2.02. The molecule has 110 valence electrons. The highest BCUT2D eigenvalue weighted by atomic mass is 32.2. The van der Waals surface area contributed by atoms with Gasteiger partial charge in [-0.1, -0.05) is 0 Å². The maximum Gasteiger partial charge on any atom is 0.327 e. The van der Waals surface area contributed by atoms with Crippen LogP contribution in [0.4, 0.5) is 5.69 Å². The van der Waals surface area contributed by atoms with Gasteiger partial charge >= 0.3 is 5.97 Å². The molecule has 0 saturated carbocycles. The lowest BCUT2D eigenvalue weighted by Gasteiger charge is -2.22. The molecule has 21 heavy (non-hydrogen) atoms. The van der Waals surface area contributed by atoms with E-state index in [-0.39, 0.29) is 11.8 Å². The van der Waals surface area contributed by atoms with Crippen molar-refractivity contribution >= 4 is 35.2 Å². The lowest BCUT2D eigenvalue weighted by Crippen LogP contribution is -2.41. The minimum absolute atomic E-state index is 0.0246. The first-order chi connectivity index (χ1) is 10.1. The molecule has 2 aliphatic rings. The predicted molar refractivity (Wildman–Crippen MR) is 78.3 cm³/mol. The monoisotopic (exact) mass is 306 g/mol. The number of aryl methyl sites for hydroxylation is 1. The average molecular weight is 306 g/mol. The van der Waals surface area contributed by atoms with E-state index in [2.05, 4.69) is 5.32 Å². The molecule has 6 nitrogen and oxygen atoms in total. The summed E-state index contributed by atoms with van der Waals surface area (Å²) in [4.78, 5) is 36.3. The molecule has 1 saturated heterocycles. The van der Waals surface area contributed by atoms with E-state index in [0.29, 0.717) is 30.0 Å². The number of carboxylic acid groups (broad SMARTS) is 1. The molecule has 2 heterocycles. The second kappa shape index (κ2) is 5.40. The van der Waals surface area contributed by atoms with Gasteiger partial charge in [0.25, 0.3) is 5.91 Å². The van der Waals surface area contributed by atoms with Crippen LogP contribution in [0, 0.1) is 0 Å². The topological polar surface area (TPSA) is 86.7 Å². The summed E-state index contributed by atoms with van der Waals surface area (Å²) in [6.07, 6.45) is 1.00. The summed E-state index contributed by atoms with van der Waals surface area (Å²) in [5.41, 5.74) is 2.12. The summed E-state index contributed by atoms with van der Waals surface area (Å²) in [6, 6.07) is 4.32. The van der Waals surface area contributed by atoms with Crippen molar-refractivity contribution in [3.63, 3.8) is 0 Å². The van der Waals surface area contributed by atoms with Crippen molar-refractivity contribution in [2.45, 2.75) is 18.9 Å². The van der Waals surface area contributed by atoms with E-state index in [1.807, 2.05) is 0 Å². The second-order valence-electron chi connectivity index (χ2n) is 5.05. The summed E-state index contributed by atoms with van der Waals surface area (Å²) in [5.74, 6) is -0.458. The van der Waals surface area contributed by atoms with Crippen LogP contribution in [0.5, 0.6) is 0 Å². The number of aliphatic carboxylic acids is 1. The summed E-state index contributed by atoms with van der Waals surface area (Å²) in [5, 5.41) is 11.9. The third kappa shape index (κ3) is 2.61. The van der Waals surface area contributed by atoms with Crippen molar-refractivity contribution < 1.29 is 19.5 Å². The lowest BCUT2D eigenvalue weighted by atomic mass is 10.00. The zero-order valence-electron chi connectivity index (χ0n) is 11.2. The largest absolute Gasteiger partial charge is 0.480 e. The van der Waals surface area contributed by atoms with Crippen molar-refractivity contribution in [1.82, 2.24) is 4.90 Å². The summed E-state index contributed by atoms with van der Waals surface area (Å²) in [6.45, 7) is 0. The smallest absolute Gasteiger partial charge is 0.327 e. The van der Waals surface area contributed by atoms with Crippen LogP contribution in [-0.4, -0.2) is 45.5 Å². The van der Waals surface area contributed by atoms with Crippen LogP contribution >= 0.6 is 11.8 Å². The number of rotatable bonds is 2. The van der Waals surface area contributed by atoms with Gasteiger partial charge in [-0.25, -0.2) is 4.79 Å². The highest BCUT2D eigenvalue weighted by Crippen LogP contribution is 2.27. The molecule has 3 rings (SSSR count). The predicted octanol–water partition coefficient (Wildman–Crippen LogP) is 1.17. The molecule has 1 aromatic rings. The standard InChI is InChI=1S/C14H14N2O4S/c17-12-4-2-8-5-9(1-3-10(8)15-12)13(18)16-7-21-6-11(16)14(19)20/h1,3,5,11H,2,4,6-7H2,(H,15,17)(H,19,20). The molecule has 2 aliphatic heterocycles. The van der Waals surface area contributed by atoms with Gasteiger partial charge in [0.05, 0.1) is 5.88 Å². The molecule has 0 spiro atoms. The summed E-state index contributed by atoms with van der Waals surface area (Å²) >= 11 is 1.44. The fraction of sp³-hybridized carbons (Fsp3) is 0.357. The number of carbonyl (C=O) groups is 3. The van der Waals surface area contributed by atoms with E-state index < -0.39 is 12.0 Å². The second-order valence-corrected chi connectivity index (χ2v) is 6.05. The number of anilines is 1. The van der Waals surface area contributed by atoms with Crippen molar-refractivity contribution in [1.29, 1.82) is 0 Å². The third-order valence-electron chi connectivity index (χ3n) is 3.68. The lowest BCUT2D eigenvalue weighted by molar-refractivity contribution is -0.140. The zero-order chi connectivity index (χ0) is 15.0. The summed E-state index contributed by atoms with van der Waals surface area (Å²) < 4.78 is 0. The normalized spacial score (nSPS) is 20.9. The van der Waals surface area contributed by atoms with Crippen LogP contribution in [0.25, 0.3) is 0 Å². The Morgan fingerprint density at radius 1 is 1.33 bits per heavy atom. The van der Waals surface area contributed by atoms with Crippen molar-refractivity contribution in [2.24, 2.45) is 0 Å². The molecule has 0 bridgehead atoms. The molecule has 0 radical (unpaired) electrons. The SMILES string of the molecule is O=C1CCc2cc(C(=O)N3CSCC3C(=O)O)ccc2N1. The first-order valence-corrected chi connectivity index (χ1v) is 7.76. The fourth-order valence-corrected chi connectivity index (χ4v) is 3.67. The van der Waals surface area contributed by atoms with Crippen molar-refractivity contribution in [3.05, 3.63) is 29.3 Å². The van der Waals surface area contributed by atoms with Gasteiger partial charge in [-0.05, 0) is 30.2 Å². The number of nitrogens with zero attached hydrogens (tertiary/aromatic N) is 1. The Kier molecular flexibility index (Phi) is 3.59. The van der Waals surface area contributed by atoms with E-state index in [9.17, 15) is 14.4 Å². The number of hydrogen-bond donors (Lipinski definition) is 2. The fourth-order valence-electron chi connectivity index (χ4n) is 2.53. The first-order valence-electron chi connectivity index (χ1n) is 6.60. The molecule has 1 fully saturated rings. The highest BCUT2D eigenvalue weighted by molar-refractivity contribution is 7.99. The van der Waals surface area contributed by atoms with Gasteiger partial charge in [-0.15, -0.1) is 11.8 Å². The quantitative estimate of drug-likeness (QED) is 0.856. The van der Waals surface area contributed by atoms with Gasteiger partial charge in [0, 0.05) is 23.4 Å². The molecule has 0 aromatic heterocycles. The summed E-state index contributed by atoms with van der Waals surface area (Å²) in [7, 11) is 0. The third-order valence-corrected chi connectivity index (χ3v) is 4.69. The van der Waals surface area contributed by atoms with E-state index in [4.69, 9.17) is 5.11 Å². The Bertz CT molecular complexity index is 631. The van der Waals surface area contributed by atoms with Crippen molar-refractivity contribution in [3.8, 4) is 0 Å². The molecule has 2 N–H and O–H groups in total. The van der Waals surface area contributed by atoms with E-state index in [0.717, 1.165) is 11.3 Å². The number of carboxylic acids is 1. The number of fused-ring (bicyclic) bond motifs is 1. The number of benzene rings is 1. The molecule has 2 amide bonds. The van der Waals surface area contributed by atoms with Crippen LogP contribution in [-0.2, 0) is 16.0 Å². The van der Waals surface area contributed by atoms with E-state index >= 15 is 0 Å².